The second-order valence-corrected chi connectivity index (χ2v) is 6.07. The van der Waals surface area contributed by atoms with Crippen molar-refractivity contribution in [1.29, 1.82) is 0 Å². The fourth-order valence-electron chi connectivity index (χ4n) is 1.66. The largest absolute Gasteiger partial charge is 0.495 e. The summed E-state index contributed by atoms with van der Waals surface area (Å²) in [6.07, 6.45) is 2.82. The quantitative estimate of drug-likeness (QED) is 0.897. The summed E-state index contributed by atoms with van der Waals surface area (Å²) in [6, 6.07) is 6.38. The van der Waals surface area contributed by atoms with E-state index in [1.54, 1.807) is 37.2 Å². The Hall–Kier alpha value is -2.35. The Balaban J connectivity index is 2.29. The third-order valence-corrected chi connectivity index (χ3v) is 4.07. The third-order valence-electron chi connectivity index (χ3n) is 2.65. The van der Waals surface area contributed by atoms with Crippen LogP contribution in [0.4, 0.5) is 11.6 Å². The van der Waals surface area contributed by atoms with Crippen molar-refractivity contribution in [2.75, 3.05) is 30.8 Å². The van der Waals surface area contributed by atoms with Crippen molar-refractivity contribution in [1.82, 2.24) is 9.97 Å². The number of nitrogens with zero attached hydrogens (tertiary/aromatic N) is 3. The lowest BCUT2D eigenvalue weighted by Gasteiger charge is -2.12. The lowest BCUT2D eigenvalue weighted by atomic mass is 10.3. The fourth-order valence-corrected chi connectivity index (χ4v) is 2.86. The average Bonchev–Trinajstić information content (AvgIpc) is 2.47. The molecule has 2 aromatic rings. The first-order chi connectivity index (χ1) is 9.94. The van der Waals surface area contributed by atoms with E-state index in [0.717, 1.165) is 0 Å². The second kappa shape index (κ2) is 5.96. The van der Waals surface area contributed by atoms with Crippen LogP contribution in [0.3, 0.4) is 0 Å². The SMILES string of the molecule is COc1ccccc1S(=O)(=O)Nc1cnc(N(C)C)nc1. The molecule has 0 spiro atoms. The van der Waals surface area contributed by atoms with E-state index in [2.05, 4.69) is 14.7 Å². The Bertz CT molecular complexity index is 714. The lowest BCUT2D eigenvalue weighted by Crippen LogP contribution is -2.16. The maximum Gasteiger partial charge on any atom is 0.265 e. The van der Waals surface area contributed by atoms with Gasteiger partial charge in [-0.15, -0.1) is 0 Å². The summed E-state index contributed by atoms with van der Waals surface area (Å²) in [5.41, 5.74) is 0.284. The van der Waals surface area contributed by atoms with Gasteiger partial charge in [0.25, 0.3) is 10.0 Å². The van der Waals surface area contributed by atoms with Gasteiger partial charge in [-0.25, -0.2) is 18.4 Å². The molecule has 1 N–H and O–H groups in total. The number of para-hydroxylation sites is 1. The number of sulfonamides is 1. The molecule has 21 heavy (non-hydrogen) atoms. The van der Waals surface area contributed by atoms with Crippen molar-refractivity contribution in [3.05, 3.63) is 36.7 Å². The van der Waals surface area contributed by atoms with Gasteiger partial charge in [-0.3, -0.25) is 4.72 Å². The van der Waals surface area contributed by atoms with Crippen LogP contribution in [0.5, 0.6) is 5.75 Å². The first-order valence-electron chi connectivity index (χ1n) is 6.09. The van der Waals surface area contributed by atoms with Crippen molar-refractivity contribution < 1.29 is 13.2 Å². The highest BCUT2D eigenvalue weighted by atomic mass is 32.2. The highest BCUT2D eigenvalue weighted by Crippen LogP contribution is 2.24. The minimum absolute atomic E-state index is 0.0594. The summed E-state index contributed by atoms with van der Waals surface area (Å²) in [4.78, 5) is 9.89. The van der Waals surface area contributed by atoms with Crippen molar-refractivity contribution in [2.24, 2.45) is 0 Å². The van der Waals surface area contributed by atoms with Gasteiger partial charge < -0.3 is 9.64 Å². The number of hydrogen-bond acceptors (Lipinski definition) is 6. The van der Waals surface area contributed by atoms with Gasteiger partial charge in [0.2, 0.25) is 5.95 Å². The van der Waals surface area contributed by atoms with Gasteiger partial charge in [-0.2, -0.15) is 0 Å². The monoisotopic (exact) mass is 308 g/mol. The molecule has 8 heteroatoms. The molecule has 0 atom stereocenters. The molecule has 0 aliphatic carbocycles. The molecule has 0 saturated heterocycles. The summed E-state index contributed by atoms with van der Waals surface area (Å²) >= 11 is 0. The minimum atomic E-state index is -3.76. The molecule has 0 amide bonds. The Morgan fingerprint density at radius 3 is 2.33 bits per heavy atom. The van der Waals surface area contributed by atoms with Crippen molar-refractivity contribution in [2.45, 2.75) is 4.90 Å². The van der Waals surface area contributed by atoms with Crippen LogP contribution in [0.15, 0.2) is 41.6 Å². The minimum Gasteiger partial charge on any atom is -0.495 e. The van der Waals surface area contributed by atoms with Crippen LogP contribution in [0.25, 0.3) is 0 Å². The van der Waals surface area contributed by atoms with E-state index in [9.17, 15) is 8.42 Å². The summed E-state index contributed by atoms with van der Waals surface area (Å²) in [5, 5.41) is 0. The first-order valence-corrected chi connectivity index (χ1v) is 7.57. The molecule has 1 aromatic heterocycles. The van der Waals surface area contributed by atoms with Crippen LogP contribution >= 0.6 is 0 Å². The van der Waals surface area contributed by atoms with Gasteiger partial charge in [0, 0.05) is 14.1 Å². The number of ether oxygens (including phenoxy) is 1. The summed E-state index contributed by atoms with van der Waals surface area (Å²) in [6.45, 7) is 0. The number of rotatable bonds is 5. The van der Waals surface area contributed by atoms with E-state index in [4.69, 9.17) is 4.74 Å². The molecule has 112 valence electrons. The van der Waals surface area contributed by atoms with Crippen LogP contribution in [0.2, 0.25) is 0 Å². The van der Waals surface area contributed by atoms with Crippen molar-refractivity contribution in [3.63, 3.8) is 0 Å². The third kappa shape index (κ3) is 3.40. The molecule has 2 rings (SSSR count). The van der Waals surface area contributed by atoms with E-state index in [0.29, 0.717) is 5.95 Å². The Labute approximate surface area is 123 Å². The molecule has 1 aromatic carbocycles. The maximum absolute atomic E-state index is 12.3. The highest BCUT2D eigenvalue weighted by molar-refractivity contribution is 7.92. The predicted molar refractivity (Wildman–Crippen MR) is 80.2 cm³/mol. The van der Waals surface area contributed by atoms with Gasteiger partial charge in [0.15, 0.2) is 0 Å². The zero-order valence-electron chi connectivity index (χ0n) is 11.9. The lowest BCUT2D eigenvalue weighted by molar-refractivity contribution is 0.403. The maximum atomic E-state index is 12.3. The molecule has 0 unspecified atom stereocenters. The molecule has 0 aliphatic rings. The standard InChI is InChI=1S/C13H16N4O3S/c1-17(2)13-14-8-10(9-15-13)16-21(18,19)12-7-5-4-6-11(12)20-3/h4-9,16H,1-3H3. The van der Waals surface area contributed by atoms with Crippen LogP contribution in [-0.4, -0.2) is 39.6 Å². The first kappa shape index (κ1) is 15.0. The van der Waals surface area contributed by atoms with Crippen LogP contribution in [0, 0.1) is 0 Å². The van der Waals surface area contributed by atoms with Gasteiger partial charge in [-0.1, -0.05) is 12.1 Å². The van der Waals surface area contributed by atoms with Gasteiger partial charge in [0.1, 0.15) is 10.6 Å². The van der Waals surface area contributed by atoms with Crippen LogP contribution in [-0.2, 0) is 10.0 Å². The number of aromatic nitrogens is 2. The summed E-state index contributed by atoms with van der Waals surface area (Å²) in [5.74, 6) is 0.770. The molecule has 0 radical (unpaired) electrons. The normalized spacial score (nSPS) is 11.0. The second-order valence-electron chi connectivity index (χ2n) is 4.42. The van der Waals surface area contributed by atoms with Crippen molar-refractivity contribution in [3.8, 4) is 5.75 Å². The molecule has 0 saturated carbocycles. The molecule has 0 bridgehead atoms. The molecule has 7 nitrogen and oxygen atoms in total. The Morgan fingerprint density at radius 2 is 1.76 bits per heavy atom. The zero-order chi connectivity index (χ0) is 15.5. The zero-order valence-corrected chi connectivity index (χ0v) is 12.8. The molecule has 0 aliphatic heterocycles. The number of hydrogen-bond donors (Lipinski definition) is 1. The van der Waals surface area contributed by atoms with E-state index < -0.39 is 10.0 Å². The molecular formula is C13H16N4O3S. The van der Waals surface area contributed by atoms with Crippen molar-refractivity contribution >= 4 is 21.7 Å². The van der Waals surface area contributed by atoms with Crippen LogP contribution < -0.4 is 14.4 Å². The van der Waals surface area contributed by atoms with Crippen LogP contribution in [0.1, 0.15) is 0 Å². The number of benzene rings is 1. The highest BCUT2D eigenvalue weighted by Gasteiger charge is 2.19. The predicted octanol–water partition coefficient (Wildman–Crippen LogP) is 1.35. The molecule has 0 fully saturated rings. The number of anilines is 2. The summed E-state index contributed by atoms with van der Waals surface area (Å²) < 4.78 is 32.2. The smallest absolute Gasteiger partial charge is 0.265 e. The average molecular weight is 308 g/mol. The van der Waals surface area contributed by atoms with E-state index in [1.807, 2.05) is 0 Å². The van der Waals surface area contributed by atoms with Gasteiger partial charge >= 0.3 is 0 Å². The number of nitrogens with one attached hydrogen (secondary N) is 1. The molecule has 1 heterocycles. The fraction of sp³-hybridized carbons (Fsp3) is 0.231. The Kier molecular flexibility index (Phi) is 4.27. The number of methoxy groups -OCH3 is 1. The van der Waals surface area contributed by atoms with Gasteiger partial charge in [-0.05, 0) is 12.1 Å². The Morgan fingerprint density at radius 1 is 1.14 bits per heavy atom. The van der Waals surface area contributed by atoms with Gasteiger partial charge in [0.05, 0.1) is 25.2 Å². The van der Waals surface area contributed by atoms with E-state index >= 15 is 0 Å². The summed E-state index contributed by atoms with van der Waals surface area (Å²) in [7, 11) is 1.26. The molecular weight excluding hydrogens is 292 g/mol. The topological polar surface area (TPSA) is 84.4 Å². The van der Waals surface area contributed by atoms with E-state index in [1.165, 1.54) is 25.6 Å². The van der Waals surface area contributed by atoms with E-state index in [-0.39, 0.29) is 16.3 Å².